The molecule has 0 amide bonds. The fourth-order valence-electron chi connectivity index (χ4n) is 7.55. The van der Waals surface area contributed by atoms with Crippen molar-refractivity contribution in [3.8, 4) is 0 Å². The molecule has 7 atom stereocenters. The minimum Gasteiger partial charge on any atom is -0.394 e. The molecule has 4 aliphatic carbocycles. The number of fused-ring (bicyclic) bond motifs is 5. The molecule has 8 heteroatoms. The first-order chi connectivity index (χ1) is 13.4. The zero-order valence-electron chi connectivity index (χ0n) is 17.1. The molecule has 4 rings (SSSR count). The number of hydrogen-bond donors (Lipinski definition) is 3. The smallest absolute Gasteiger partial charge is 0.394 e. The molecular weight excluding hydrogens is 396 g/mol. The van der Waals surface area contributed by atoms with Gasteiger partial charge in [0.25, 0.3) is 0 Å². The molecule has 7 nitrogen and oxygen atoms in total. The zero-order valence-corrected chi connectivity index (χ0v) is 18.0. The fourth-order valence-corrected chi connectivity index (χ4v) is 8.06. The van der Waals surface area contributed by atoms with E-state index in [1.54, 1.807) is 0 Å². The summed E-state index contributed by atoms with van der Waals surface area (Å²) in [5, 5.41) is 21.3. The Morgan fingerprint density at radius 1 is 1.14 bits per heavy atom. The van der Waals surface area contributed by atoms with Crippen molar-refractivity contribution in [3.05, 3.63) is 11.6 Å². The van der Waals surface area contributed by atoms with Crippen LogP contribution in [0.4, 0.5) is 0 Å². The third-order valence-corrected chi connectivity index (χ3v) is 9.59. The summed E-state index contributed by atoms with van der Waals surface area (Å²) >= 11 is 0. The highest BCUT2D eigenvalue weighted by atomic mass is 32.3. The van der Waals surface area contributed by atoms with E-state index < -0.39 is 34.1 Å². The maximum atomic E-state index is 11.9. The normalized spacial score (nSPS) is 45.8. The quantitative estimate of drug-likeness (QED) is 0.588. The Kier molecular flexibility index (Phi) is 5.06. The maximum absolute atomic E-state index is 11.9. The van der Waals surface area contributed by atoms with Crippen LogP contribution in [0.5, 0.6) is 0 Å². The summed E-state index contributed by atoms with van der Waals surface area (Å²) in [5.74, 6) is 1.22. The third-order valence-electron chi connectivity index (χ3n) is 9.11. The van der Waals surface area contributed by atoms with E-state index >= 15 is 0 Å². The Bertz CT molecular complexity index is 836. The van der Waals surface area contributed by atoms with Gasteiger partial charge in [-0.05, 0) is 74.2 Å². The highest BCUT2D eigenvalue weighted by Gasteiger charge is 2.66. The molecule has 0 unspecified atom stereocenters. The van der Waals surface area contributed by atoms with Crippen LogP contribution in [0, 0.1) is 28.6 Å². The molecule has 0 aromatic heterocycles. The Balaban J connectivity index is 1.65. The molecule has 0 aliphatic heterocycles. The molecule has 4 aliphatic rings. The van der Waals surface area contributed by atoms with Gasteiger partial charge in [-0.15, -0.1) is 0 Å². The molecule has 0 saturated heterocycles. The van der Waals surface area contributed by atoms with E-state index in [1.807, 2.05) is 13.0 Å². The maximum Gasteiger partial charge on any atom is 0.397 e. The van der Waals surface area contributed by atoms with Gasteiger partial charge >= 0.3 is 10.4 Å². The molecule has 0 radical (unpaired) electrons. The average Bonchev–Trinajstić information content (AvgIpc) is 2.92. The van der Waals surface area contributed by atoms with E-state index in [9.17, 15) is 23.4 Å². The first kappa shape index (κ1) is 21.4. The summed E-state index contributed by atoms with van der Waals surface area (Å²) < 4.78 is 36.5. The molecule has 3 fully saturated rings. The van der Waals surface area contributed by atoms with Crippen molar-refractivity contribution in [2.45, 2.75) is 76.9 Å². The number of carbonyl (C=O) groups excluding carboxylic acids is 1. The highest BCUT2D eigenvalue weighted by molar-refractivity contribution is 7.80. The van der Waals surface area contributed by atoms with Crippen molar-refractivity contribution in [1.29, 1.82) is 0 Å². The van der Waals surface area contributed by atoms with E-state index in [-0.39, 0.29) is 17.1 Å². The molecule has 0 heterocycles. The van der Waals surface area contributed by atoms with Gasteiger partial charge in [-0.1, -0.05) is 19.4 Å². The number of allylic oxidation sites excluding steroid dienone is 1. The van der Waals surface area contributed by atoms with Gasteiger partial charge in [-0.3, -0.25) is 9.35 Å². The molecule has 0 aromatic rings. The molecule has 0 aromatic carbocycles. The van der Waals surface area contributed by atoms with E-state index in [0.717, 1.165) is 32.1 Å². The van der Waals surface area contributed by atoms with Gasteiger partial charge in [0.2, 0.25) is 0 Å². The van der Waals surface area contributed by atoms with Crippen LogP contribution in [0.1, 0.15) is 65.2 Å². The molecule has 3 saturated carbocycles. The molecule has 0 bridgehead atoms. The van der Waals surface area contributed by atoms with Gasteiger partial charge in [0.15, 0.2) is 5.78 Å². The third kappa shape index (κ3) is 3.14. The van der Waals surface area contributed by atoms with Gasteiger partial charge < -0.3 is 10.2 Å². The summed E-state index contributed by atoms with van der Waals surface area (Å²) in [6.45, 7) is 3.58. The topological polar surface area (TPSA) is 121 Å². The second kappa shape index (κ2) is 6.85. The average molecular weight is 429 g/mol. The summed E-state index contributed by atoms with van der Waals surface area (Å²) in [5.41, 5.74) is -0.837. The second-order valence-electron chi connectivity index (χ2n) is 10.1. The van der Waals surface area contributed by atoms with Gasteiger partial charge in [0.05, 0.1) is 6.61 Å². The van der Waals surface area contributed by atoms with Gasteiger partial charge in [0, 0.05) is 11.8 Å². The summed E-state index contributed by atoms with van der Waals surface area (Å²) in [4.78, 5) is 11.9. The standard InChI is InChI=1S/C21H32O7S/c1-19-8-5-14(23)11-13(19)3-4-15-16(19)6-9-20(2)17(15)7-10-21(20,24)18(12-22)28-29(25,26)27/h11,15-18,22,24H,3-10,12H2,1-2H3,(H,25,26,27)/t15-,16+,17+,18-,19+,20+,21+/m1/s1. The molecular formula is C21H32O7S. The molecule has 3 N–H and O–H groups in total. The lowest BCUT2D eigenvalue weighted by molar-refractivity contribution is -0.177. The van der Waals surface area contributed by atoms with E-state index in [1.165, 1.54) is 5.57 Å². The number of hydrogen-bond acceptors (Lipinski definition) is 6. The first-order valence-corrected chi connectivity index (χ1v) is 12.0. The van der Waals surface area contributed by atoms with Crippen molar-refractivity contribution >= 4 is 16.2 Å². The number of rotatable bonds is 4. The lowest BCUT2D eigenvalue weighted by Crippen LogP contribution is -2.60. The SMILES string of the molecule is C[C@]12CCC(=O)C=C1CC[C@@H]1[C@@H]2CC[C@@]2(C)[C@H]1CC[C@]2(O)[C@@H](CO)OS(=O)(=O)O. The zero-order chi connectivity index (χ0) is 21.2. The molecule has 0 spiro atoms. The van der Waals surface area contributed by atoms with E-state index in [0.29, 0.717) is 31.1 Å². The predicted octanol–water partition coefficient (Wildman–Crippen LogP) is 2.43. The predicted molar refractivity (Wildman–Crippen MR) is 105 cm³/mol. The second-order valence-corrected chi connectivity index (χ2v) is 11.1. The van der Waals surface area contributed by atoms with Crippen molar-refractivity contribution < 1.29 is 32.2 Å². The van der Waals surface area contributed by atoms with Crippen LogP contribution in [0.2, 0.25) is 0 Å². The highest BCUT2D eigenvalue weighted by Crippen LogP contribution is 2.68. The van der Waals surface area contributed by atoms with Gasteiger partial charge in [-0.25, -0.2) is 4.18 Å². The van der Waals surface area contributed by atoms with E-state index in [2.05, 4.69) is 6.92 Å². The number of carbonyl (C=O) groups is 1. The Morgan fingerprint density at radius 2 is 1.83 bits per heavy atom. The monoisotopic (exact) mass is 428 g/mol. The number of ketones is 1. The van der Waals surface area contributed by atoms with Crippen molar-refractivity contribution in [3.63, 3.8) is 0 Å². The van der Waals surface area contributed by atoms with Crippen molar-refractivity contribution in [2.24, 2.45) is 28.6 Å². The summed E-state index contributed by atoms with van der Waals surface area (Å²) in [6.07, 6.45) is 6.42. The van der Waals surface area contributed by atoms with Crippen LogP contribution in [0.3, 0.4) is 0 Å². The summed E-state index contributed by atoms with van der Waals surface area (Å²) in [7, 11) is -4.79. The van der Waals surface area contributed by atoms with Crippen LogP contribution in [-0.2, 0) is 19.4 Å². The van der Waals surface area contributed by atoms with Crippen LogP contribution >= 0.6 is 0 Å². The van der Waals surface area contributed by atoms with Crippen molar-refractivity contribution in [1.82, 2.24) is 0 Å². The van der Waals surface area contributed by atoms with Crippen LogP contribution in [0.15, 0.2) is 11.6 Å². The Morgan fingerprint density at radius 3 is 2.48 bits per heavy atom. The minimum absolute atomic E-state index is 0.0141. The van der Waals surface area contributed by atoms with E-state index in [4.69, 9.17) is 8.74 Å². The van der Waals surface area contributed by atoms with Gasteiger partial charge in [-0.2, -0.15) is 8.42 Å². The Labute approximate surface area is 172 Å². The van der Waals surface area contributed by atoms with Crippen LogP contribution < -0.4 is 0 Å². The summed E-state index contributed by atoms with van der Waals surface area (Å²) in [6, 6.07) is 0. The fraction of sp³-hybridized carbons (Fsp3) is 0.857. The molecule has 29 heavy (non-hydrogen) atoms. The Hall–Kier alpha value is -0.800. The minimum atomic E-state index is -4.79. The lowest BCUT2D eigenvalue weighted by atomic mass is 9.46. The number of aliphatic hydroxyl groups excluding tert-OH is 1. The largest absolute Gasteiger partial charge is 0.397 e. The number of aliphatic hydroxyl groups is 2. The van der Waals surface area contributed by atoms with Crippen LogP contribution in [-0.4, -0.2) is 47.3 Å². The van der Waals surface area contributed by atoms with Crippen molar-refractivity contribution in [2.75, 3.05) is 6.61 Å². The first-order valence-electron chi connectivity index (χ1n) is 10.7. The molecule has 164 valence electrons. The van der Waals surface area contributed by atoms with Crippen LogP contribution in [0.25, 0.3) is 0 Å². The lowest BCUT2D eigenvalue weighted by Gasteiger charge is -2.59. The van der Waals surface area contributed by atoms with Gasteiger partial charge in [0.1, 0.15) is 11.7 Å².